The summed E-state index contributed by atoms with van der Waals surface area (Å²) >= 11 is 0. The van der Waals surface area contributed by atoms with E-state index in [0.717, 1.165) is 54.4 Å². The zero-order valence-corrected chi connectivity index (χ0v) is 26.1. The predicted octanol–water partition coefficient (Wildman–Crippen LogP) is 9.63. The summed E-state index contributed by atoms with van der Waals surface area (Å²) in [4.78, 5) is 0. The lowest BCUT2D eigenvalue weighted by atomic mass is 9.61. The standard InChI is InChI=1S/C39H46O4/c1-25(2)34-22-30(12-18-36(34)42)38(4,5)31-13-19-37(43)35(23-31)26(3)21-27-7-6-20-39(24-27,28-8-14-32(40)15-9-28)29-10-16-33(41)17-11-29/h8-19,22-23,25-27,40-43H,6-7,20-21,24H2,1-5H3. The number of rotatable bonds is 8. The van der Waals surface area contributed by atoms with E-state index in [1.807, 2.05) is 42.5 Å². The van der Waals surface area contributed by atoms with Crippen LogP contribution in [0.3, 0.4) is 0 Å². The Labute approximate surface area is 256 Å². The van der Waals surface area contributed by atoms with Crippen LogP contribution in [0.4, 0.5) is 0 Å². The Hall–Kier alpha value is -3.92. The number of hydrogen-bond acceptors (Lipinski definition) is 4. The zero-order chi connectivity index (χ0) is 30.9. The minimum Gasteiger partial charge on any atom is -0.508 e. The zero-order valence-electron chi connectivity index (χ0n) is 26.1. The molecule has 0 radical (unpaired) electrons. The lowest BCUT2D eigenvalue weighted by Gasteiger charge is -2.43. The van der Waals surface area contributed by atoms with Crippen molar-refractivity contribution in [1.82, 2.24) is 0 Å². The van der Waals surface area contributed by atoms with Crippen molar-refractivity contribution >= 4 is 0 Å². The molecule has 1 fully saturated rings. The summed E-state index contributed by atoms with van der Waals surface area (Å²) in [6.45, 7) is 10.8. The van der Waals surface area contributed by atoms with Gasteiger partial charge in [0.2, 0.25) is 0 Å². The molecule has 4 heteroatoms. The molecule has 0 heterocycles. The molecular weight excluding hydrogens is 532 g/mol. The lowest BCUT2D eigenvalue weighted by molar-refractivity contribution is 0.236. The van der Waals surface area contributed by atoms with Gasteiger partial charge in [-0.1, -0.05) is 96.0 Å². The minimum absolute atomic E-state index is 0.155. The Balaban J connectivity index is 1.43. The largest absolute Gasteiger partial charge is 0.508 e. The molecule has 226 valence electrons. The maximum absolute atomic E-state index is 11.1. The molecule has 4 N–H and O–H groups in total. The van der Waals surface area contributed by atoms with Crippen molar-refractivity contribution in [2.45, 2.75) is 89.4 Å². The van der Waals surface area contributed by atoms with Gasteiger partial charge in [0.05, 0.1) is 0 Å². The van der Waals surface area contributed by atoms with Crippen LogP contribution in [0.15, 0.2) is 84.9 Å². The summed E-state index contributed by atoms with van der Waals surface area (Å²) < 4.78 is 0. The molecule has 43 heavy (non-hydrogen) atoms. The van der Waals surface area contributed by atoms with Gasteiger partial charge in [-0.15, -0.1) is 0 Å². The predicted molar refractivity (Wildman–Crippen MR) is 174 cm³/mol. The van der Waals surface area contributed by atoms with E-state index in [4.69, 9.17) is 0 Å². The van der Waals surface area contributed by atoms with Crippen molar-refractivity contribution in [2.24, 2.45) is 5.92 Å². The molecule has 4 nitrogen and oxygen atoms in total. The number of benzene rings is 4. The molecular formula is C39H46O4. The second kappa shape index (κ2) is 12.0. The van der Waals surface area contributed by atoms with Gasteiger partial charge in [0.25, 0.3) is 0 Å². The first-order valence-electron chi connectivity index (χ1n) is 15.7. The second-order valence-corrected chi connectivity index (χ2v) is 13.6. The van der Waals surface area contributed by atoms with Crippen LogP contribution < -0.4 is 0 Å². The lowest BCUT2D eigenvalue weighted by Crippen LogP contribution is -2.34. The van der Waals surface area contributed by atoms with Gasteiger partial charge < -0.3 is 20.4 Å². The molecule has 2 unspecified atom stereocenters. The Morgan fingerprint density at radius 1 is 0.698 bits per heavy atom. The third-order valence-electron chi connectivity index (χ3n) is 10.0. The number of phenolic OH excluding ortho intramolecular Hbond substituents is 4. The fraction of sp³-hybridized carbons (Fsp3) is 0.385. The van der Waals surface area contributed by atoms with Gasteiger partial charge in [0.1, 0.15) is 23.0 Å². The van der Waals surface area contributed by atoms with Gasteiger partial charge in [0.15, 0.2) is 0 Å². The Kier molecular flexibility index (Phi) is 8.51. The van der Waals surface area contributed by atoms with E-state index in [1.54, 1.807) is 30.3 Å². The van der Waals surface area contributed by atoms with Crippen molar-refractivity contribution in [3.63, 3.8) is 0 Å². The van der Waals surface area contributed by atoms with E-state index in [2.05, 4.69) is 46.8 Å². The first-order valence-corrected chi connectivity index (χ1v) is 15.7. The van der Waals surface area contributed by atoms with Gasteiger partial charge >= 0.3 is 0 Å². The molecule has 0 spiro atoms. The normalized spacial score (nSPS) is 17.6. The highest BCUT2D eigenvalue weighted by Crippen LogP contribution is 2.50. The molecule has 5 rings (SSSR count). The fourth-order valence-electron chi connectivity index (χ4n) is 7.38. The van der Waals surface area contributed by atoms with E-state index < -0.39 is 0 Å². The van der Waals surface area contributed by atoms with E-state index in [9.17, 15) is 20.4 Å². The maximum atomic E-state index is 11.1. The molecule has 4 aromatic rings. The summed E-state index contributed by atoms with van der Waals surface area (Å²) in [5.74, 6) is 2.00. The molecule has 4 aromatic carbocycles. The van der Waals surface area contributed by atoms with Crippen LogP contribution in [0.1, 0.15) is 112 Å². The Bertz CT molecular complexity index is 1500. The molecule has 0 saturated heterocycles. The fourth-order valence-corrected chi connectivity index (χ4v) is 7.38. The van der Waals surface area contributed by atoms with Crippen molar-refractivity contribution in [3.05, 3.63) is 118 Å². The third-order valence-corrected chi connectivity index (χ3v) is 10.0. The van der Waals surface area contributed by atoms with Crippen molar-refractivity contribution in [1.29, 1.82) is 0 Å². The number of hydrogen-bond donors (Lipinski definition) is 4. The highest BCUT2D eigenvalue weighted by molar-refractivity contribution is 5.49. The maximum Gasteiger partial charge on any atom is 0.119 e. The molecule has 0 bridgehead atoms. The SMILES string of the molecule is CC(C)c1cc(C(C)(C)c2ccc(O)c(C(C)CC3CCCC(c4ccc(O)cc4)(c4ccc(O)cc4)C3)c2)ccc1O. The summed E-state index contributed by atoms with van der Waals surface area (Å²) in [6, 6.07) is 27.2. The Morgan fingerprint density at radius 2 is 1.19 bits per heavy atom. The molecule has 0 aliphatic heterocycles. The summed E-state index contributed by atoms with van der Waals surface area (Å²) in [5, 5.41) is 41.5. The van der Waals surface area contributed by atoms with Crippen LogP contribution in [0, 0.1) is 5.92 Å². The highest BCUT2D eigenvalue weighted by Gasteiger charge is 2.40. The van der Waals surface area contributed by atoms with E-state index in [-0.39, 0.29) is 34.2 Å². The van der Waals surface area contributed by atoms with Crippen LogP contribution in [-0.2, 0) is 10.8 Å². The molecule has 0 amide bonds. The smallest absolute Gasteiger partial charge is 0.119 e. The van der Waals surface area contributed by atoms with Gasteiger partial charge in [-0.3, -0.25) is 0 Å². The second-order valence-electron chi connectivity index (χ2n) is 13.6. The van der Waals surface area contributed by atoms with E-state index in [1.165, 1.54) is 11.1 Å². The molecule has 1 aliphatic rings. The summed E-state index contributed by atoms with van der Waals surface area (Å²) in [6.07, 6.45) is 5.13. The first-order chi connectivity index (χ1) is 20.4. The van der Waals surface area contributed by atoms with Crippen molar-refractivity contribution in [2.75, 3.05) is 0 Å². The average Bonchev–Trinajstić information content (AvgIpc) is 2.98. The Morgan fingerprint density at radius 3 is 1.70 bits per heavy atom. The minimum atomic E-state index is -0.308. The highest BCUT2D eigenvalue weighted by atomic mass is 16.3. The van der Waals surface area contributed by atoms with Gasteiger partial charge in [-0.2, -0.15) is 0 Å². The topological polar surface area (TPSA) is 80.9 Å². The molecule has 0 aromatic heterocycles. The van der Waals surface area contributed by atoms with E-state index in [0.29, 0.717) is 17.4 Å². The monoisotopic (exact) mass is 578 g/mol. The van der Waals surface area contributed by atoms with Crippen LogP contribution in [0.25, 0.3) is 0 Å². The van der Waals surface area contributed by atoms with Gasteiger partial charge in [-0.25, -0.2) is 0 Å². The number of phenols is 4. The van der Waals surface area contributed by atoms with E-state index >= 15 is 0 Å². The van der Waals surface area contributed by atoms with Crippen LogP contribution in [0.2, 0.25) is 0 Å². The molecule has 1 saturated carbocycles. The molecule has 2 atom stereocenters. The average molecular weight is 579 g/mol. The number of aromatic hydroxyl groups is 4. The van der Waals surface area contributed by atoms with Crippen LogP contribution in [0.5, 0.6) is 23.0 Å². The van der Waals surface area contributed by atoms with Crippen molar-refractivity contribution < 1.29 is 20.4 Å². The molecule has 1 aliphatic carbocycles. The summed E-state index contributed by atoms with van der Waals surface area (Å²) in [5.41, 5.74) is 6.06. The summed E-state index contributed by atoms with van der Waals surface area (Å²) in [7, 11) is 0. The van der Waals surface area contributed by atoms with Gasteiger partial charge in [-0.05, 0) is 107 Å². The van der Waals surface area contributed by atoms with Crippen LogP contribution in [-0.4, -0.2) is 20.4 Å². The quantitative estimate of drug-likeness (QED) is 0.168. The van der Waals surface area contributed by atoms with Crippen molar-refractivity contribution in [3.8, 4) is 23.0 Å². The third kappa shape index (κ3) is 6.11. The van der Waals surface area contributed by atoms with Crippen LogP contribution >= 0.6 is 0 Å². The van der Waals surface area contributed by atoms with Gasteiger partial charge in [0, 0.05) is 10.8 Å². The first kappa shape index (κ1) is 30.5.